The number of carbonyl (C=O) groups is 1. The second-order valence-corrected chi connectivity index (χ2v) is 4.70. The lowest BCUT2D eigenvalue weighted by atomic mass is 9.88. The maximum absolute atomic E-state index is 10.8. The van der Waals surface area contributed by atoms with Gasteiger partial charge in [-0.1, -0.05) is 11.8 Å². The summed E-state index contributed by atoms with van der Waals surface area (Å²) in [7, 11) is 0. The van der Waals surface area contributed by atoms with Crippen LogP contribution in [0.3, 0.4) is 0 Å². The average Bonchev–Trinajstić information content (AvgIpc) is 1.65. The number of rotatable bonds is 0. The average molecular weight is 182 g/mol. The Morgan fingerprint density at radius 1 is 1.40 bits per heavy atom. The minimum atomic E-state index is -0.600. The highest BCUT2D eigenvalue weighted by atomic mass is 35.5. The standard InChI is InChI=1S/C6H11NOS.ClH/c1-5(2)6(3,7)4(8)9-5;/h7H2,1-3H3;1H. The van der Waals surface area contributed by atoms with Gasteiger partial charge in [-0.15, -0.1) is 12.4 Å². The van der Waals surface area contributed by atoms with Crippen LogP contribution in [0, 0.1) is 0 Å². The van der Waals surface area contributed by atoms with E-state index in [9.17, 15) is 4.79 Å². The number of nitrogens with two attached hydrogens (primary N) is 1. The maximum Gasteiger partial charge on any atom is 0.210 e. The summed E-state index contributed by atoms with van der Waals surface area (Å²) in [4.78, 5) is 10.8. The van der Waals surface area contributed by atoms with E-state index in [-0.39, 0.29) is 22.3 Å². The smallest absolute Gasteiger partial charge is 0.210 e. The zero-order chi connectivity index (χ0) is 7.28. The van der Waals surface area contributed by atoms with Crippen molar-refractivity contribution in [2.24, 2.45) is 5.73 Å². The molecule has 1 unspecified atom stereocenters. The van der Waals surface area contributed by atoms with Gasteiger partial charge in [0, 0.05) is 4.75 Å². The summed E-state index contributed by atoms with van der Waals surface area (Å²) in [6.07, 6.45) is 0. The normalized spacial score (nSPS) is 36.2. The first-order chi connectivity index (χ1) is 3.88. The molecular weight excluding hydrogens is 170 g/mol. The highest BCUT2D eigenvalue weighted by Gasteiger charge is 2.55. The molecule has 4 heteroatoms. The molecule has 0 aromatic heterocycles. The van der Waals surface area contributed by atoms with E-state index in [0.29, 0.717) is 0 Å². The van der Waals surface area contributed by atoms with Crippen molar-refractivity contribution in [1.82, 2.24) is 0 Å². The van der Waals surface area contributed by atoms with Gasteiger partial charge < -0.3 is 5.73 Å². The first-order valence-corrected chi connectivity index (χ1v) is 3.72. The van der Waals surface area contributed by atoms with Crippen LogP contribution in [-0.4, -0.2) is 15.4 Å². The van der Waals surface area contributed by atoms with Crippen molar-refractivity contribution in [1.29, 1.82) is 0 Å². The molecule has 0 bridgehead atoms. The minimum Gasteiger partial charge on any atom is -0.317 e. The van der Waals surface area contributed by atoms with Crippen molar-refractivity contribution in [3.05, 3.63) is 0 Å². The Hall–Kier alpha value is 0.270. The zero-order valence-electron chi connectivity index (χ0n) is 6.30. The molecule has 2 N–H and O–H groups in total. The monoisotopic (exact) mass is 181 g/mol. The SMILES string of the molecule is CC1(C)SC(=O)C1(C)N.Cl. The molecule has 0 amide bonds. The summed E-state index contributed by atoms with van der Waals surface area (Å²) >= 11 is 1.33. The number of halogens is 1. The van der Waals surface area contributed by atoms with Gasteiger partial charge in [0.1, 0.15) is 0 Å². The van der Waals surface area contributed by atoms with Gasteiger partial charge in [0.15, 0.2) is 0 Å². The Bertz CT molecular complexity index is 167. The molecule has 2 nitrogen and oxygen atoms in total. The lowest BCUT2D eigenvalue weighted by molar-refractivity contribution is -0.118. The van der Waals surface area contributed by atoms with Crippen LogP contribution in [-0.2, 0) is 4.79 Å². The molecule has 0 radical (unpaired) electrons. The van der Waals surface area contributed by atoms with E-state index in [2.05, 4.69) is 0 Å². The maximum atomic E-state index is 10.8. The van der Waals surface area contributed by atoms with Crippen molar-refractivity contribution in [2.45, 2.75) is 31.1 Å². The van der Waals surface area contributed by atoms with Gasteiger partial charge in [-0.05, 0) is 20.8 Å². The quantitative estimate of drug-likeness (QED) is 0.611. The second-order valence-electron chi connectivity index (χ2n) is 3.10. The van der Waals surface area contributed by atoms with Gasteiger partial charge in [0.05, 0.1) is 5.54 Å². The molecular formula is C6H12ClNOS. The van der Waals surface area contributed by atoms with Crippen molar-refractivity contribution in [3.63, 3.8) is 0 Å². The van der Waals surface area contributed by atoms with Crippen LogP contribution in [0.4, 0.5) is 0 Å². The van der Waals surface area contributed by atoms with Gasteiger partial charge in [0.25, 0.3) is 0 Å². The van der Waals surface area contributed by atoms with Crippen LogP contribution in [0.2, 0.25) is 0 Å². The van der Waals surface area contributed by atoms with Gasteiger partial charge in [-0.3, -0.25) is 4.79 Å². The van der Waals surface area contributed by atoms with E-state index in [1.807, 2.05) is 13.8 Å². The van der Waals surface area contributed by atoms with Crippen LogP contribution in [0.1, 0.15) is 20.8 Å². The number of thioether (sulfide) groups is 1. The summed E-state index contributed by atoms with van der Waals surface area (Å²) in [5.41, 5.74) is 5.07. The van der Waals surface area contributed by atoms with Crippen LogP contribution in [0.5, 0.6) is 0 Å². The van der Waals surface area contributed by atoms with E-state index in [1.54, 1.807) is 6.92 Å². The first-order valence-electron chi connectivity index (χ1n) is 2.90. The molecule has 1 saturated heterocycles. The predicted molar refractivity (Wildman–Crippen MR) is 46.5 cm³/mol. The molecule has 0 aromatic carbocycles. The topological polar surface area (TPSA) is 43.1 Å². The predicted octanol–water partition coefficient (Wildman–Crippen LogP) is 1.18. The fourth-order valence-electron chi connectivity index (χ4n) is 0.643. The molecule has 1 heterocycles. The van der Waals surface area contributed by atoms with E-state index in [1.165, 1.54) is 11.8 Å². The summed E-state index contributed by atoms with van der Waals surface area (Å²) in [6.45, 7) is 5.75. The van der Waals surface area contributed by atoms with E-state index in [4.69, 9.17) is 5.73 Å². The van der Waals surface area contributed by atoms with Gasteiger partial charge in [-0.2, -0.15) is 0 Å². The van der Waals surface area contributed by atoms with Crippen molar-refractivity contribution in [2.75, 3.05) is 0 Å². The Kier molecular flexibility index (Phi) is 2.46. The van der Waals surface area contributed by atoms with Gasteiger partial charge in [-0.25, -0.2) is 0 Å². The third kappa shape index (κ3) is 1.06. The third-order valence-corrected chi connectivity index (χ3v) is 3.57. The molecule has 0 saturated carbocycles. The molecule has 1 aliphatic rings. The second kappa shape index (κ2) is 2.40. The largest absolute Gasteiger partial charge is 0.317 e. The number of hydrogen-bond acceptors (Lipinski definition) is 3. The van der Waals surface area contributed by atoms with Crippen LogP contribution >= 0.6 is 24.2 Å². The third-order valence-electron chi connectivity index (χ3n) is 2.02. The minimum absolute atomic E-state index is 0. The van der Waals surface area contributed by atoms with Gasteiger partial charge in [0.2, 0.25) is 5.12 Å². The highest BCUT2D eigenvalue weighted by Crippen LogP contribution is 2.47. The first kappa shape index (κ1) is 10.3. The summed E-state index contributed by atoms with van der Waals surface area (Å²) < 4.78 is -0.0654. The van der Waals surface area contributed by atoms with Gasteiger partial charge >= 0.3 is 0 Å². The van der Waals surface area contributed by atoms with Crippen molar-refractivity contribution >= 4 is 29.3 Å². The molecule has 60 valence electrons. The Morgan fingerprint density at radius 3 is 1.80 bits per heavy atom. The molecule has 1 rings (SSSR count). The fourth-order valence-corrected chi connectivity index (χ4v) is 1.73. The van der Waals surface area contributed by atoms with E-state index < -0.39 is 5.54 Å². The van der Waals surface area contributed by atoms with E-state index >= 15 is 0 Å². The summed E-state index contributed by atoms with van der Waals surface area (Å²) in [5, 5.41) is 0.104. The Morgan fingerprint density at radius 2 is 1.80 bits per heavy atom. The van der Waals surface area contributed by atoms with E-state index in [0.717, 1.165) is 0 Å². The zero-order valence-corrected chi connectivity index (χ0v) is 7.94. The molecule has 0 aromatic rings. The fraction of sp³-hybridized carbons (Fsp3) is 0.833. The molecule has 0 spiro atoms. The number of hydrogen-bond donors (Lipinski definition) is 1. The van der Waals surface area contributed by atoms with Crippen molar-refractivity contribution < 1.29 is 4.79 Å². The van der Waals surface area contributed by atoms with Crippen LogP contribution < -0.4 is 5.73 Å². The van der Waals surface area contributed by atoms with Crippen molar-refractivity contribution in [3.8, 4) is 0 Å². The molecule has 1 aliphatic heterocycles. The molecule has 1 fully saturated rings. The summed E-state index contributed by atoms with van der Waals surface area (Å²) in [6, 6.07) is 0. The van der Waals surface area contributed by atoms with Crippen LogP contribution in [0.15, 0.2) is 0 Å². The molecule has 0 aliphatic carbocycles. The Labute approximate surface area is 71.3 Å². The van der Waals surface area contributed by atoms with Crippen LogP contribution in [0.25, 0.3) is 0 Å². The molecule has 1 atom stereocenters. The lowest BCUT2D eigenvalue weighted by Crippen LogP contribution is -2.66. The lowest BCUT2D eigenvalue weighted by Gasteiger charge is -2.48. The highest BCUT2D eigenvalue weighted by molar-refractivity contribution is 8.17. The Balaban J connectivity index is 0.000000810. The number of carbonyl (C=O) groups excluding carboxylic acids is 1. The summed E-state index contributed by atoms with van der Waals surface area (Å²) in [5.74, 6) is 0. The molecule has 10 heavy (non-hydrogen) atoms.